The molecular formula is C66H94ClN7O17. The summed E-state index contributed by atoms with van der Waals surface area (Å²) in [6.45, 7) is 15.7. The number of nitrogens with one attached hydrogen (secondary N) is 6. The molecule has 6 amide bonds. The maximum absolute atomic E-state index is 14.0. The second-order valence-electron chi connectivity index (χ2n) is 24.0. The van der Waals surface area contributed by atoms with Gasteiger partial charge in [-0.05, 0) is 104 Å². The molecule has 2 aliphatic rings. The minimum atomic E-state index is -1.28. The van der Waals surface area contributed by atoms with E-state index < -0.39 is 89.4 Å². The molecule has 24 nitrogen and oxygen atoms in total. The molecule has 0 aliphatic carbocycles. The Hall–Kier alpha value is -7.19. The number of esters is 2. The van der Waals surface area contributed by atoms with E-state index in [1.165, 1.54) is 13.2 Å². The quantitative estimate of drug-likeness (QED) is 0.0149. The lowest BCUT2D eigenvalue weighted by Crippen LogP contribution is -2.51. The van der Waals surface area contributed by atoms with Crippen LogP contribution in [-0.2, 0) is 91.0 Å². The summed E-state index contributed by atoms with van der Waals surface area (Å²) in [4.78, 5) is 107. The van der Waals surface area contributed by atoms with E-state index in [0.29, 0.717) is 93.0 Å². The van der Waals surface area contributed by atoms with Crippen molar-refractivity contribution in [3.05, 3.63) is 106 Å². The monoisotopic (exact) mass is 1290 g/mol. The third-order valence-electron chi connectivity index (χ3n) is 15.2. The van der Waals surface area contributed by atoms with Crippen LogP contribution in [0.1, 0.15) is 115 Å². The molecule has 5 rings (SSSR count). The maximum atomic E-state index is 14.0. The Balaban J connectivity index is 1.09. The van der Waals surface area contributed by atoms with Gasteiger partial charge in [0.15, 0.2) is 6.10 Å². The first kappa shape index (κ1) is 74.5. The number of halogens is 1. The van der Waals surface area contributed by atoms with Gasteiger partial charge in [0.05, 0.1) is 75.9 Å². The molecule has 0 saturated carbocycles. The summed E-state index contributed by atoms with van der Waals surface area (Å²) in [6, 6.07) is 16.5. The minimum Gasteiger partial charge on any atom is -0.495 e. The van der Waals surface area contributed by atoms with Crippen molar-refractivity contribution in [1.29, 1.82) is 0 Å². The van der Waals surface area contributed by atoms with Gasteiger partial charge in [0.1, 0.15) is 36.6 Å². The van der Waals surface area contributed by atoms with Gasteiger partial charge in [0.25, 0.3) is 0 Å². The lowest BCUT2D eigenvalue weighted by molar-refractivity contribution is -0.179. The molecule has 1 fully saturated rings. The number of carbonyl (C=O) groups is 8. The van der Waals surface area contributed by atoms with Crippen LogP contribution >= 0.6 is 11.6 Å². The van der Waals surface area contributed by atoms with E-state index in [0.717, 1.165) is 11.1 Å². The molecule has 2 heterocycles. The normalized spacial score (nSPS) is 20.0. The van der Waals surface area contributed by atoms with Gasteiger partial charge < -0.3 is 80.3 Å². The Labute approximate surface area is 539 Å². The highest BCUT2D eigenvalue weighted by molar-refractivity contribution is 6.32. The molecule has 0 bridgehead atoms. The van der Waals surface area contributed by atoms with Crippen molar-refractivity contribution >= 4 is 64.9 Å². The number of rotatable bonds is 34. The summed E-state index contributed by atoms with van der Waals surface area (Å²) < 4.78 is 50.1. The minimum absolute atomic E-state index is 0.0594. The average Bonchev–Trinajstić information content (AvgIpc) is 1.68. The lowest BCUT2D eigenvalue weighted by Gasteiger charge is -2.29. The van der Waals surface area contributed by atoms with E-state index in [-0.39, 0.29) is 75.8 Å². The Morgan fingerprint density at radius 2 is 1.45 bits per heavy atom. The second kappa shape index (κ2) is 38.6. The molecule has 0 radical (unpaired) electrons. The Morgan fingerprint density at radius 3 is 2.10 bits per heavy atom. The number of methoxy groups -OCH3 is 2. The highest BCUT2D eigenvalue weighted by atomic mass is 35.5. The van der Waals surface area contributed by atoms with Crippen LogP contribution in [0.3, 0.4) is 0 Å². The Morgan fingerprint density at radius 1 is 0.791 bits per heavy atom. The molecule has 8 N–H and O–H groups in total. The first-order chi connectivity index (χ1) is 43.5. The standard InChI is InChI=1S/C66H94ClN7O17/c1-41(2)35-54-63(80)89-52(14-12-15-56(76)73-51(37-46-20-25-53(84-9)49(67)36-46)60(77)71-40-66(6,7)64(81)90-54)43(5)58-59(91-58)47-21-16-44(17-22-47)38-70-65(82)88-39-45-18-23-48(24-19-45)72-61(78)50(74-62(79)57(68)42(3)4)13-10-11-27-69-55(75)26-28-85-31-32-87-34-33-86-30-29-83-8/h12,15-25,36,41-43,50-52,54,57-59H,10-11,13-14,26-35,37-40,68H2,1-9H3,(H,69,75)(H,70,82)(H,71,77)(H,72,78)(H,73,76)(H,74,79)/b15-12+/t43-,50-,51?,52?,54-,57-,58+,59+/m0/s1. The van der Waals surface area contributed by atoms with Gasteiger partial charge in [-0.3, -0.25) is 28.8 Å². The number of unbranched alkanes of at least 4 members (excludes halogenated alkanes) is 1. The van der Waals surface area contributed by atoms with Crippen molar-refractivity contribution in [2.45, 2.75) is 149 Å². The lowest BCUT2D eigenvalue weighted by atomic mass is 9.92. The van der Waals surface area contributed by atoms with Crippen LogP contribution < -0.4 is 42.4 Å². The van der Waals surface area contributed by atoms with Crippen LogP contribution in [0.5, 0.6) is 5.75 Å². The van der Waals surface area contributed by atoms with E-state index >= 15 is 0 Å². The first-order valence-electron chi connectivity index (χ1n) is 31.1. The van der Waals surface area contributed by atoms with Crippen molar-refractivity contribution in [2.75, 3.05) is 78.9 Å². The fourth-order valence-electron chi connectivity index (χ4n) is 9.41. The van der Waals surface area contributed by atoms with Gasteiger partial charge in [0.2, 0.25) is 29.5 Å². The molecule has 502 valence electrons. The fraction of sp³-hybridized carbons (Fsp3) is 0.576. The SMILES string of the molecule is COCCOCCOCCOCCC(=O)NCCCC[C@H](NC(=O)[C@@H](N)C(C)C)C(=O)Nc1ccc(COC(=O)NCc2ccc([C@H]3O[C@@H]3[C@@H](C)C3C/C=C/C(=O)NC(Cc4ccc(OC)c(Cl)c4)C(=O)NCC(C)(C)C(=O)O[C@@H](CC(C)C)C(=O)O3)cc2)cc1. The molecule has 3 aromatic carbocycles. The van der Waals surface area contributed by atoms with E-state index in [1.807, 2.05) is 58.9 Å². The first-order valence-corrected chi connectivity index (χ1v) is 31.4. The zero-order valence-corrected chi connectivity index (χ0v) is 54.7. The van der Waals surface area contributed by atoms with Crippen LogP contribution in [0.15, 0.2) is 78.9 Å². The van der Waals surface area contributed by atoms with Crippen LogP contribution in [0, 0.1) is 23.2 Å². The maximum Gasteiger partial charge on any atom is 0.407 e. The number of ether oxygens (including phenoxy) is 9. The number of epoxide rings is 1. The third-order valence-corrected chi connectivity index (χ3v) is 15.5. The highest BCUT2D eigenvalue weighted by Crippen LogP contribution is 2.45. The van der Waals surface area contributed by atoms with E-state index in [1.54, 1.807) is 69.5 Å². The van der Waals surface area contributed by atoms with Crippen molar-refractivity contribution in [3.63, 3.8) is 0 Å². The van der Waals surface area contributed by atoms with Crippen molar-refractivity contribution in [2.24, 2.45) is 28.9 Å². The van der Waals surface area contributed by atoms with Crippen molar-refractivity contribution < 1.29 is 81.0 Å². The zero-order valence-electron chi connectivity index (χ0n) is 53.9. The molecule has 0 aromatic heterocycles. The molecule has 25 heteroatoms. The second-order valence-corrected chi connectivity index (χ2v) is 24.4. The number of hydrogen-bond donors (Lipinski definition) is 7. The Bertz CT molecular complexity index is 2860. The fourth-order valence-corrected chi connectivity index (χ4v) is 9.69. The summed E-state index contributed by atoms with van der Waals surface area (Å²) in [5, 5.41) is 17.1. The molecule has 2 unspecified atom stereocenters. The topological polar surface area (TPSA) is 321 Å². The average molecular weight is 1290 g/mol. The van der Waals surface area contributed by atoms with Crippen LogP contribution in [0.25, 0.3) is 0 Å². The van der Waals surface area contributed by atoms with E-state index in [2.05, 4.69) is 31.9 Å². The number of anilines is 1. The van der Waals surface area contributed by atoms with Crippen LogP contribution in [-0.4, -0.2) is 158 Å². The molecule has 3 aromatic rings. The molecular weight excluding hydrogens is 1200 g/mol. The molecule has 2 aliphatic heterocycles. The number of benzene rings is 3. The highest BCUT2D eigenvalue weighted by Gasteiger charge is 2.48. The summed E-state index contributed by atoms with van der Waals surface area (Å²) in [6.07, 6.45) is 1.26. The van der Waals surface area contributed by atoms with Gasteiger partial charge in [-0.25, -0.2) is 9.59 Å². The summed E-state index contributed by atoms with van der Waals surface area (Å²) in [5.74, 6) is -3.81. The van der Waals surface area contributed by atoms with Crippen molar-refractivity contribution in [3.8, 4) is 5.75 Å². The number of cyclic esters (lactones) is 2. The van der Waals surface area contributed by atoms with Gasteiger partial charge in [-0.15, -0.1) is 0 Å². The third kappa shape index (κ3) is 26.5. The number of carbonyl (C=O) groups excluding carboxylic acids is 8. The predicted octanol–water partition coefficient (Wildman–Crippen LogP) is 6.33. The summed E-state index contributed by atoms with van der Waals surface area (Å²) in [7, 11) is 3.10. The largest absolute Gasteiger partial charge is 0.495 e. The molecule has 8 atom stereocenters. The van der Waals surface area contributed by atoms with Crippen LogP contribution in [0.2, 0.25) is 5.02 Å². The van der Waals surface area contributed by atoms with Crippen LogP contribution in [0.4, 0.5) is 10.5 Å². The predicted molar refractivity (Wildman–Crippen MR) is 339 cm³/mol. The van der Waals surface area contributed by atoms with E-state index in [9.17, 15) is 38.4 Å². The van der Waals surface area contributed by atoms with Gasteiger partial charge in [-0.1, -0.05) is 94.8 Å². The zero-order chi connectivity index (χ0) is 66.5. The molecule has 1 saturated heterocycles. The number of amides is 6. The van der Waals surface area contributed by atoms with E-state index in [4.69, 9.17) is 60.0 Å². The number of hydrogen-bond acceptors (Lipinski definition) is 18. The van der Waals surface area contributed by atoms with Crippen molar-refractivity contribution in [1.82, 2.24) is 26.6 Å². The summed E-state index contributed by atoms with van der Waals surface area (Å²) >= 11 is 6.39. The van der Waals surface area contributed by atoms with Gasteiger partial charge in [-0.2, -0.15) is 0 Å². The van der Waals surface area contributed by atoms with Gasteiger partial charge >= 0.3 is 18.0 Å². The smallest absolute Gasteiger partial charge is 0.407 e. The molecule has 0 spiro atoms. The summed E-state index contributed by atoms with van der Waals surface area (Å²) in [5.41, 5.74) is 8.22. The number of nitrogens with two attached hydrogens (primary N) is 1. The number of alkyl carbamates (subject to hydrolysis) is 1. The molecule has 91 heavy (non-hydrogen) atoms. The Kier molecular flexibility index (Phi) is 31.6. The van der Waals surface area contributed by atoms with Gasteiger partial charge in [0, 0.05) is 57.6 Å².